The van der Waals surface area contributed by atoms with Gasteiger partial charge in [0.15, 0.2) is 0 Å². The third-order valence-corrected chi connectivity index (χ3v) is 12.6. The summed E-state index contributed by atoms with van der Waals surface area (Å²) in [5, 5.41) is 21.4. The molecule has 0 bridgehead atoms. The number of para-hydroxylation sites is 3. The van der Waals surface area contributed by atoms with Crippen molar-refractivity contribution in [2.75, 3.05) is 63.3 Å². The molecule has 0 aliphatic carbocycles. The van der Waals surface area contributed by atoms with E-state index in [0.29, 0.717) is 19.8 Å². The van der Waals surface area contributed by atoms with E-state index in [1.807, 2.05) is 12.1 Å². The van der Waals surface area contributed by atoms with E-state index in [4.69, 9.17) is 22.9 Å². The normalized spacial score (nSPS) is 14.1. The van der Waals surface area contributed by atoms with Gasteiger partial charge in [-0.05, 0) is 96.6 Å². The lowest BCUT2D eigenvalue weighted by Crippen LogP contribution is -2.30. The van der Waals surface area contributed by atoms with Crippen LogP contribution in [0.15, 0.2) is 54.6 Å². The minimum atomic E-state index is -0.468. The van der Waals surface area contributed by atoms with E-state index in [-0.39, 0.29) is 29.1 Å². The first kappa shape index (κ1) is 48.9. The molecular formula is C35H53I5N8O4. The number of nitrogen functional groups attached to an aromatic ring is 4. The second-order valence-corrected chi connectivity index (χ2v) is 27.7. The highest BCUT2D eigenvalue weighted by molar-refractivity contribution is 14.2. The van der Waals surface area contributed by atoms with Crippen LogP contribution in [0.2, 0.25) is 0 Å². The standard InChI is InChI=1S/C11H15N3O2.C11H17N3.C7H8N2O2.C3H5I3.C3H6I2.H2/c12-9-5-4-6-10(11(9)14(15)16)13-7-2-1-3-8-13;12-9-5-4-6-10(11(9)13)14-7-2-1-3-8-14;1-5-3-2-4-6(8)7(5)9(10)11;1-3(5,6)2-4;1-3(2,4)5;/h4-6H,1-3,7-8,12H2;4-6H,1-3,7-8,12-13H2;2-4H,8H2,1H3;2H2,1H3;1-2H3;1H. The fraction of sp³-hybridized carbons (Fsp3) is 0.486. The molecule has 5 rings (SSSR count). The minimum absolute atomic E-state index is 0. The lowest BCUT2D eigenvalue weighted by molar-refractivity contribution is -0.384. The molecule has 2 fully saturated rings. The second-order valence-electron chi connectivity index (χ2n) is 12.6. The van der Waals surface area contributed by atoms with E-state index in [2.05, 4.69) is 150 Å². The lowest BCUT2D eigenvalue weighted by atomic mass is 10.1. The average Bonchev–Trinajstić information content (AvgIpc) is 3.06. The Morgan fingerprint density at radius 1 is 0.654 bits per heavy atom. The molecule has 0 atom stereocenters. The van der Waals surface area contributed by atoms with Crippen molar-refractivity contribution in [3.05, 3.63) is 80.4 Å². The Morgan fingerprint density at radius 3 is 1.37 bits per heavy atom. The maximum atomic E-state index is 11.0. The van der Waals surface area contributed by atoms with Gasteiger partial charge in [-0.15, -0.1) is 0 Å². The van der Waals surface area contributed by atoms with E-state index in [0.717, 1.165) is 50.4 Å². The predicted octanol–water partition coefficient (Wildman–Crippen LogP) is 11.3. The van der Waals surface area contributed by atoms with Gasteiger partial charge in [-0.3, -0.25) is 20.2 Å². The zero-order valence-electron chi connectivity index (χ0n) is 30.1. The number of nitrogens with two attached hydrogens (primary N) is 4. The molecule has 52 heavy (non-hydrogen) atoms. The highest BCUT2D eigenvalue weighted by atomic mass is 127. The number of benzene rings is 3. The van der Waals surface area contributed by atoms with Gasteiger partial charge in [0.1, 0.15) is 17.1 Å². The number of anilines is 6. The highest BCUT2D eigenvalue weighted by Gasteiger charge is 2.23. The van der Waals surface area contributed by atoms with Crippen molar-refractivity contribution in [3.8, 4) is 0 Å². The molecule has 0 spiro atoms. The van der Waals surface area contributed by atoms with Crippen molar-refractivity contribution in [1.82, 2.24) is 0 Å². The summed E-state index contributed by atoms with van der Waals surface area (Å²) in [6.45, 7) is 12.2. The summed E-state index contributed by atoms with van der Waals surface area (Å²) in [6.07, 6.45) is 7.23. The first-order chi connectivity index (χ1) is 24.2. The first-order valence-electron chi connectivity index (χ1n) is 16.7. The zero-order valence-corrected chi connectivity index (χ0v) is 40.9. The molecule has 3 aromatic rings. The lowest BCUT2D eigenvalue weighted by Gasteiger charge is -2.30. The monoisotopic (exact) mass is 1280 g/mol. The zero-order chi connectivity index (χ0) is 39.6. The molecule has 0 saturated carbocycles. The third kappa shape index (κ3) is 19.5. The Balaban J connectivity index is 0.000000674. The Morgan fingerprint density at radius 2 is 1.00 bits per heavy atom. The molecule has 17 heteroatoms. The summed E-state index contributed by atoms with van der Waals surface area (Å²) < 4.78 is 2.12. The maximum absolute atomic E-state index is 11.0. The molecule has 2 aliphatic rings. The highest BCUT2D eigenvalue weighted by Crippen LogP contribution is 2.35. The van der Waals surface area contributed by atoms with Crippen LogP contribution in [-0.4, -0.2) is 43.3 Å². The van der Waals surface area contributed by atoms with E-state index in [1.165, 1.54) is 36.2 Å². The Bertz CT molecular complexity index is 1540. The summed E-state index contributed by atoms with van der Waals surface area (Å²) in [5.41, 5.74) is 27.0. The summed E-state index contributed by atoms with van der Waals surface area (Å²) in [6, 6.07) is 15.9. The number of aryl methyl sites for hydroxylation is 1. The van der Waals surface area contributed by atoms with Crippen LogP contribution >= 0.6 is 113 Å². The van der Waals surface area contributed by atoms with Gasteiger partial charge in [-0.1, -0.05) is 137 Å². The van der Waals surface area contributed by atoms with Crippen LogP contribution in [0.4, 0.5) is 45.5 Å². The predicted molar refractivity (Wildman–Crippen MR) is 267 cm³/mol. The molecule has 0 aromatic heterocycles. The topological polar surface area (TPSA) is 197 Å². The molecule has 2 aliphatic heterocycles. The fourth-order valence-corrected chi connectivity index (χ4v) is 5.05. The summed E-state index contributed by atoms with van der Waals surface area (Å²) in [5.74, 6) is 0. The van der Waals surface area contributed by atoms with E-state index in [1.54, 1.807) is 37.3 Å². The summed E-state index contributed by atoms with van der Waals surface area (Å²) >= 11 is 11.9. The van der Waals surface area contributed by atoms with Crippen molar-refractivity contribution in [2.24, 2.45) is 0 Å². The van der Waals surface area contributed by atoms with E-state index < -0.39 is 4.92 Å². The van der Waals surface area contributed by atoms with Crippen molar-refractivity contribution in [3.63, 3.8) is 0 Å². The number of nitrogens with zero attached hydrogens (tertiary/aromatic N) is 4. The molecule has 292 valence electrons. The van der Waals surface area contributed by atoms with Gasteiger partial charge in [-0.2, -0.15) is 0 Å². The van der Waals surface area contributed by atoms with Crippen molar-refractivity contribution in [2.45, 2.75) is 69.1 Å². The van der Waals surface area contributed by atoms with Gasteiger partial charge in [0.2, 0.25) is 0 Å². The Kier molecular flexibility index (Phi) is 23.0. The second kappa shape index (κ2) is 24.4. The van der Waals surface area contributed by atoms with Gasteiger partial charge >= 0.3 is 5.69 Å². The number of halogens is 5. The SMILES string of the molecule is CC(C)(I)I.CC(I)(I)CI.Cc1cccc(N)c1[N+](=O)[O-].Nc1cccc(N2CCCCC2)c1N.Nc1cccc(N2CCCCC2)c1[N+](=O)[O-].[HH]. The number of piperidine rings is 2. The Hall–Kier alpha value is -1.09. The van der Waals surface area contributed by atoms with Crippen LogP contribution in [0, 0.1) is 27.2 Å². The molecule has 0 unspecified atom stereocenters. The van der Waals surface area contributed by atoms with Crippen LogP contribution < -0.4 is 32.7 Å². The molecule has 2 heterocycles. The van der Waals surface area contributed by atoms with Crippen molar-refractivity contribution in [1.29, 1.82) is 0 Å². The van der Waals surface area contributed by atoms with Crippen molar-refractivity contribution < 1.29 is 11.3 Å². The number of alkyl halides is 5. The number of nitro benzene ring substituents is 2. The molecule has 0 amide bonds. The van der Waals surface area contributed by atoms with E-state index in [9.17, 15) is 20.2 Å². The number of nitro groups is 2. The van der Waals surface area contributed by atoms with Gasteiger partial charge in [-0.25, -0.2) is 0 Å². The van der Waals surface area contributed by atoms with Crippen LogP contribution in [0.25, 0.3) is 0 Å². The molecular weight excluding hydrogens is 1230 g/mol. The first-order valence-corrected chi connectivity index (χ1v) is 22.5. The summed E-state index contributed by atoms with van der Waals surface area (Å²) in [7, 11) is 0. The molecule has 0 radical (unpaired) electrons. The average molecular weight is 1280 g/mol. The van der Waals surface area contributed by atoms with Gasteiger partial charge in [0.25, 0.3) is 5.69 Å². The summed E-state index contributed by atoms with van der Waals surface area (Å²) in [4.78, 5) is 24.9. The van der Waals surface area contributed by atoms with Crippen LogP contribution in [-0.2, 0) is 0 Å². The minimum Gasteiger partial charge on any atom is -0.397 e. The molecule has 8 N–H and O–H groups in total. The largest absolute Gasteiger partial charge is 0.397 e. The fourth-order valence-electron chi connectivity index (χ4n) is 5.05. The Labute approximate surface area is 378 Å². The van der Waals surface area contributed by atoms with Crippen LogP contribution in [0.5, 0.6) is 0 Å². The number of rotatable bonds is 5. The maximum Gasteiger partial charge on any atom is 0.315 e. The molecule has 3 aromatic carbocycles. The van der Waals surface area contributed by atoms with Gasteiger partial charge in [0, 0.05) is 37.6 Å². The number of hydrogen-bond acceptors (Lipinski definition) is 10. The van der Waals surface area contributed by atoms with Crippen molar-refractivity contribution >= 4 is 158 Å². The quantitative estimate of drug-likeness (QED) is 0.0627. The third-order valence-electron chi connectivity index (χ3n) is 7.43. The van der Waals surface area contributed by atoms with Crippen LogP contribution in [0.3, 0.4) is 0 Å². The van der Waals surface area contributed by atoms with Gasteiger partial charge < -0.3 is 32.7 Å². The van der Waals surface area contributed by atoms with Gasteiger partial charge in [0.05, 0.1) is 29.8 Å². The van der Waals surface area contributed by atoms with E-state index >= 15 is 0 Å². The number of hydrogen-bond donors (Lipinski definition) is 4. The smallest absolute Gasteiger partial charge is 0.315 e. The molecule has 12 nitrogen and oxygen atoms in total. The molecule has 2 saturated heterocycles. The van der Waals surface area contributed by atoms with Crippen LogP contribution in [0.1, 0.15) is 66.3 Å².